The Morgan fingerprint density at radius 2 is 2.27 bits per heavy atom. The van der Waals surface area contributed by atoms with Gasteiger partial charge in [0.05, 0.1) is 0 Å². The average molecular weight is 229 g/mol. The summed E-state index contributed by atoms with van der Waals surface area (Å²) >= 11 is 5.75. The van der Waals surface area contributed by atoms with Crippen molar-refractivity contribution in [1.82, 2.24) is 0 Å². The number of aryl methyl sites for hydroxylation is 1. The second-order valence-electron chi connectivity index (χ2n) is 3.76. The molecule has 1 atom stereocenters. The SMILES string of the molecule is O=C(O)C1(F)CCCc2ccc(Cl)cc21. The molecule has 0 fully saturated rings. The van der Waals surface area contributed by atoms with Gasteiger partial charge in [0.2, 0.25) is 5.67 Å². The summed E-state index contributed by atoms with van der Waals surface area (Å²) in [5.41, 5.74) is -1.30. The van der Waals surface area contributed by atoms with Gasteiger partial charge in [-0.25, -0.2) is 9.18 Å². The van der Waals surface area contributed by atoms with Crippen LogP contribution in [0.15, 0.2) is 18.2 Å². The third kappa shape index (κ3) is 1.61. The Labute approximate surface area is 91.7 Å². The standard InChI is InChI=1S/C11H10ClFO2/c12-8-4-3-7-2-1-5-11(13,10(14)15)9(7)6-8/h3-4,6H,1-2,5H2,(H,14,15). The maximum atomic E-state index is 14.2. The van der Waals surface area contributed by atoms with Gasteiger partial charge in [0.15, 0.2) is 0 Å². The number of carboxylic acids is 1. The number of hydrogen-bond acceptors (Lipinski definition) is 1. The molecule has 0 amide bonds. The van der Waals surface area contributed by atoms with Crippen molar-refractivity contribution in [3.05, 3.63) is 34.3 Å². The normalized spacial score (nSPS) is 24.7. The molecule has 15 heavy (non-hydrogen) atoms. The van der Waals surface area contributed by atoms with Crippen LogP contribution in [-0.2, 0) is 16.9 Å². The first-order chi connectivity index (χ1) is 7.04. The number of rotatable bonds is 1. The van der Waals surface area contributed by atoms with Crippen LogP contribution in [0.3, 0.4) is 0 Å². The quantitative estimate of drug-likeness (QED) is 0.803. The van der Waals surface area contributed by atoms with Crippen LogP contribution in [0, 0.1) is 0 Å². The molecule has 0 saturated heterocycles. The van der Waals surface area contributed by atoms with E-state index in [4.69, 9.17) is 16.7 Å². The first kappa shape index (κ1) is 10.4. The van der Waals surface area contributed by atoms with E-state index in [0.717, 1.165) is 5.56 Å². The maximum absolute atomic E-state index is 14.2. The molecule has 2 rings (SSSR count). The summed E-state index contributed by atoms with van der Waals surface area (Å²) in [6.45, 7) is 0. The smallest absolute Gasteiger partial charge is 0.346 e. The molecule has 1 N–H and O–H groups in total. The molecule has 0 spiro atoms. The molecule has 1 aromatic carbocycles. The second-order valence-corrected chi connectivity index (χ2v) is 4.20. The van der Waals surface area contributed by atoms with Crippen LogP contribution in [0.1, 0.15) is 24.0 Å². The summed E-state index contributed by atoms with van der Waals surface area (Å²) in [6, 6.07) is 4.78. The molecular formula is C11H10ClFO2. The largest absolute Gasteiger partial charge is 0.479 e. The van der Waals surface area contributed by atoms with Crippen LogP contribution in [0.2, 0.25) is 5.02 Å². The van der Waals surface area contributed by atoms with Gasteiger partial charge in [0.25, 0.3) is 0 Å². The number of carbonyl (C=O) groups is 1. The molecule has 0 aromatic heterocycles. The van der Waals surface area contributed by atoms with E-state index in [-0.39, 0.29) is 12.0 Å². The second kappa shape index (κ2) is 3.49. The Morgan fingerprint density at radius 3 is 2.93 bits per heavy atom. The van der Waals surface area contributed by atoms with Crippen molar-refractivity contribution in [3.8, 4) is 0 Å². The monoisotopic (exact) mass is 228 g/mol. The van der Waals surface area contributed by atoms with Crippen molar-refractivity contribution in [2.24, 2.45) is 0 Å². The summed E-state index contributed by atoms with van der Waals surface area (Å²) in [6.07, 6.45) is 1.29. The third-order valence-electron chi connectivity index (χ3n) is 2.81. The lowest BCUT2D eigenvalue weighted by molar-refractivity contribution is -0.152. The molecule has 4 heteroatoms. The average Bonchev–Trinajstić information content (AvgIpc) is 2.19. The van der Waals surface area contributed by atoms with E-state index in [1.165, 1.54) is 6.07 Å². The van der Waals surface area contributed by atoms with E-state index in [2.05, 4.69) is 0 Å². The van der Waals surface area contributed by atoms with Crippen LogP contribution in [0.25, 0.3) is 0 Å². The molecule has 0 bridgehead atoms. The number of halogens is 2. The Kier molecular flexibility index (Phi) is 2.43. The van der Waals surface area contributed by atoms with Gasteiger partial charge in [-0.2, -0.15) is 0 Å². The first-order valence-electron chi connectivity index (χ1n) is 4.75. The molecule has 2 nitrogen and oxygen atoms in total. The highest BCUT2D eigenvalue weighted by Crippen LogP contribution is 2.40. The fourth-order valence-corrected chi connectivity index (χ4v) is 2.19. The van der Waals surface area contributed by atoms with Gasteiger partial charge >= 0.3 is 5.97 Å². The van der Waals surface area contributed by atoms with E-state index in [0.29, 0.717) is 17.9 Å². The van der Waals surface area contributed by atoms with Crippen molar-refractivity contribution >= 4 is 17.6 Å². The van der Waals surface area contributed by atoms with Gasteiger partial charge in [0.1, 0.15) is 0 Å². The Balaban J connectivity index is 2.59. The van der Waals surface area contributed by atoms with Crippen LogP contribution in [0.5, 0.6) is 0 Å². The van der Waals surface area contributed by atoms with Crippen molar-refractivity contribution in [2.45, 2.75) is 24.9 Å². The molecule has 0 aliphatic heterocycles. The van der Waals surface area contributed by atoms with Gasteiger partial charge in [-0.3, -0.25) is 0 Å². The number of benzene rings is 1. The topological polar surface area (TPSA) is 37.3 Å². The van der Waals surface area contributed by atoms with Gasteiger partial charge in [-0.1, -0.05) is 17.7 Å². The number of carboxylic acid groups (broad SMARTS) is 1. The third-order valence-corrected chi connectivity index (χ3v) is 3.04. The van der Waals surface area contributed by atoms with Gasteiger partial charge in [0, 0.05) is 10.6 Å². The number of hydrogen-bond donors (Lipinski definition) is 1. The summed E-state index contributed by atoms with van der Waals surface area (Å²) in [5.74, 6) is -1.43. The fraction of sp³-hybridized carbons (Fsp3) is 0.364. The predicted octanol–water partition coefficient (Wildman–Crippen LogP) is 2.93. The highest BCUT2D eigenvalue weighted by atomic mass is 35.5. The van der Waals surface area contributed by atoms with E-state index in [1.54, 1.807) is 12.1 Å². The van der Waals surface area contributed by atoms with Gasteiger partial charge in [-0.05, 0) is 37.0 Å². The lowest BCUT2D eigenvalue weighted by Crippen LogP contribution is -2.34. The first-order valence-corrected chi connectivity index (χ1v) is 5.13. The van der Waals surface area contributed by atoms with E-state index < -0.39 is 11.6 Å². The molecule has 0 saturated carbocycles. The Hall–Kier alpha value is -1.09. The summed E-state index contributed by atoms with van der Waals surface area (Å²) in [5, 5.41) is 9.29. The fourth-order valence-electron chi connectivity index (χ4n) is 2.01. The minimum atomic E-state index is -2.27. The summed E-state index contributed by atoms with van der Waals surface area (Å²) < 4.78 is 14.2. The van der Waals surface area contributed by atoms with Gasteiger partial charge in [-0.15, -0.1) is 0 Å². The van der Waals surface area contributed by atoms with E-state index >= 15 is 0 Å². The summed E-state index contributed by atoms with van der Waals surface area (Å²) in [7, 11) is 0. The molecule has 0 heterocycles. The van der Waals surface area contributed by atoms with Crippen LogP contribution < -0.4 is 0 Å². The molecule has 0 radical (unpaired) electrons. The zero-order valence-electron chi connectivity index (χ0n) is 7.96. The highest BCUT2D eigenvalue weighted by molar-refractivity contribution is 6.30. The van der Waals surface area contributed by atoms with Gasteiger partial charge < -0.3 is 5.11 Å². The van der Waals surface area contributed by atoms with Crippen LogP contribution >= 0.6 is 11.6 Å². The maximum Gasteiger partial charge on any atom is 0.346 e. The predicted molar refractivity (Wildman–Crippen MR) is 54.8 cm³/mol. The summed E-state index contributed by atoms with van der Waals surface area (Å²) in [4.78, 5) is 10.9. The molecule has 1 aliphatic rings. The minimum Gasteiger partial charge on any atom is -0.479 e. The van der Waals surface area contributed by atoms with Crippen LogP contribution in [0.4, 0.5) is 4.39 Å². The highest BCUT2D eigenvalue weighted by Gasteiger charge is 2.44. The minimum absolute atomic E-state index is 0.0235. The Bertz CT molecular complexity index is 419. The molecular weight excluding hydrogens is 219 g/mol. The number of fused-ring (bicyclic) bond motifs is 1. The Morgan fingerprint density at radius 1 is 1.53 bits per heavy atom. The molecule has 1 aromatic rings. The van der Waals surface area contributed by atoms with Crippen molar-refractivity contribution < 1.29 is 14.3 Å². The molecule has 1 aliphatic carbocycles. The zero-order valence-corrected chi connectivity index (χ0v) is 8.72. The zero-order chi connectivity index (χ0) is 11.1. The van der Waals surface area contributed by atoms with Crippen molar-refractivity contribution in [2.75, 3.05) is 0 Å². The number of alkyl halides is 1. The van der Waals surface area contributed by atoms with Crippen molar-refractivity contribution in [3.63, 3.8) is 0 Å². The lowest BCUT2D eigenvalue weighted by atomic mass is 9.80. The van der Waals surface area contributed by atoms with Crippen molar-refractivity contribution in [1.29, 1.82) is 0 Å². The lowest BCUT2D eigenvalue weighted by Gasteiger charge is -2.28. The molecule has 80 valence electrons. The van der Waals surface area contributed by atoms with E-state index in [9.17, 15) is 9.18 Å². The molecule has 1 unspecified atom stereocenters. The van der Waals surface area contributed by atoms with Crippen LogP contribution in [-0.4, -0.2) is 11.1 Å². The number of aliphatic carboxylic acids is 1. The van der Waals surface area contributed by atoms with E-state index in [1.807, 2.05) is 0 Å².